The predicted molar refractivity (Wildman–Crippen MR) is 74.8 cm³/mol. The second kappa shape index (κ2) is 5.18. The number of hydrogen-bond donors (Lipinski definition) is 4. The molecule has 0 aliphatic carbocycles. The molecule has 3 rings (SSSR count). The first-order chi connectivity index (χ1) is 10.0. The van der Waals surface area contributed by atoms with Gasteiger partial charge in [0, 0.05) is 0 Å². The molecule has 8 nitrogen and oxygen atoms in total. The number of aliphatic hydroxyl groups is 3. The van der Waals surface area contributed by atoms with E-state index in [9.17, 15) is 15.3 Å². The fourth-order valence-corrected chi connectivity index (χ4v) is 3.01. The van der Waals surface area contributed by atoms with Gasteiger partial charge >= 0.3 is 0 Å². The standard InChI is InChI=1S/C12H16N4O4S/c1-12(8(19)7(18)5(3-17)20-12)11-15-9-6(13-4-14-9)10(16-11)21-2/h4-5,7-8,17-19H,3H2,1-2H3,(H,13,14,15,16)/t5-,7-,8-,12-/m1/s1. The number of thioether (sulfide) groups is 1. The molecule has 0 bridgehead atoms. The number of aromatic amines is 1. The molecular formula is C12H16N4O4S. The molecule has 0 spiro atoms. The maximum absolute atomic E-state index is 10.3. The van der Waals surface area contributed by atoms with E-state index in [1.54, 1.807) is 6.92 Å². The molecule has 0 aromatic carbocycles. The Morgan fingerprint density at radius 1 is 1.43 bits per heavy atom. The Balaban J connectivity index is 2.11. The van der Waals surface area contributed by atoms with Crippen LogP contribution in [0.4, 0.5) is 0 Å². The van der Waals surface area contributed by atoms with Crippen molar-refractivity contribution >= 4 is 22.9 Å². The summed E-state index contributed by atoms with van der Waals surface area (Å²) >= 11 is 1.40. The van der Waals surface area contributed by atoms with Gasteiger partial charge in [-0.3, -0.25) is 0 Å². The maximum Gasteiger partial charge on any atom is 0.166 e. The van der Waals surface area contributed by atoms with E-state index in [0.717, 1.165) is 0 Å². The van der Waals surface area contributed by atoms with Gasteiger partial charge in [-0.15, -0.1) is 11.8 Å². The van der Waals surface area contributed by atoms with Gasteiger partial charge in [-0.05, 0) is 13.2 Å². The Kier molecular flexibility index (Phi) is 3.62. The van der Waals surface area contributed by atoms with Crippen LogP contribution in [0.2, 0.25) is 0 Å². The van der Waals surface area contributed by atoms with E-state index in [2.05, 4.69) is 19.9 Å². The van der Waals surface area contributed by atoms with E-state index in [1.807, 2.05) is 6.26 Å². The van der Waals surface area contributed by atoms with Crippen molar-refractivity contribution in [3.8, 4) is 0 Å². The molecule has 1 aliphatic rings. The lowest BCUT2D eigenvalue weighted by molar-refractivity contribution is -0.0910. The van der Waals surface area contributed by atoms with Gasteiger partial charge < -0.3 is 25.0 Å². The summed E-state index contributed by atoms with van der Waals surface area (Å²) in [5, 5.41) is 30.1. The molecule has 0 unspecified atom stereocenters. The van der Waals surface area contributed by atoms with Crippen molar-refractivity contribution in [1.29, 1.82) is 0 Å². The lowest BCUT2D eigenvalue weighted by Crippen LogP contribution is -2.40. The highest BCUT2D eigenvalue weighted by Gasteiger charge is 2.54. The Bertz CT molecular complexity index is 666. The molecule has 4 N–H and O–H groups in total. The molecule has 21 heavy (non-hydrogen) atoms. The molecule has 114 valence electrons. The summed E-state index contributed by atoms with van der Waals surface area (Å²) in [4.78, 5) is 15.8. The zero-order valence-electron chi connectivity index (χ0n) is 11.5. The van der Waals surface area contributed by atoms with E-state index < -0.39 is 30.5 Å². The van der Waals surface area contributed by atoms with Crippen LogP contribution in [0.5, 0.6) is 0 Å². The maximum atomic E-state index is 10.3. The van der Waals surface area contributed by atoms with Gasteiger partial charge in [0.1, 0.15) is 28.9 Å². The largest absolute Gasteiger partial charge is 0.394 e. The first-order valence-corrected chi connectivity index (χ1v) is 7.64. The van der Waals surface area contributed by atoms with Crippen LogP contribution in [-0.4, -0.2) is 66.4 Å². The number of nitrogens with one attached hydrogen (secondary N) is 1. The quantitative estimate of drug-likeness (QED) is 0.437. The molecule has 1 aliphatic heterocycles. The minimum Gasteiger partial charge on any atom is -0.394 e. The molecule has 2 aromatic rings. The van der Waals surface area contributed by atoms with Crippen LogP contribution < -0.4 is 0 Å². The van der Waals surface area contributed by atoms with Gasteiger partial charge in [0.05, 0.1) is 12.9 Å². The van der Waals surface area contributed by atoms with E-state index in [1.165, 1.54) is 18.1 Å². The molecule has 3 heterocycles. The van der Waals surface area contributed by atoms with Crippen LogP contribution in [0.3, 0.4) is 0 Å². The first-order valence-electron chi connectivity index (χ1n) is 6.41. The van der Waals surface area contributed by atoms with E-state index >= 15 is 0 Å². The number of aromatic nitrogens is 4. The smallest absolute Gasteiger partial charge is 0.166 e. The molecule has 2 aromatic heterocycles. The molecule has 0 saturated carbocycles. The van der Waals surface area contributed by atoms with Gasteiger partial charge in [-0.1, -0.05) is 0 Å². The van der Waals surface area contributed by atoms with E-state index in [-0.39, 0.29) is 5.82 Å². The van der Waals surface area contributed by atoms with Crippen molar-refractivity contribution in [3.63, 3.8) is 0 Å². The molecule has 0 amide bonds. The molecule has 9 heteroatoms. The number of aliphatic hydroxyl groups excluding tert-OH is 3. The summed E-state index contributed by atoms with van der Waals surface area (Å²) in [6, 6.07) is 0. The zero-order valence-corrected chi connectivity index (χ0v) is 12.3. The molecule has 1 fully saturated rings. The average molecular weight is 312 g/mol. The van der Waals surface area contributed by atoms with Crippen molar-refractivity contribution in [2.75, 3.05) is 12.9 Å². The Morgan fingerprint density at radius 3 is 2.81 bits per heavy atom. The third-order valence-corrected chi connectivity index (χ3v) is 4.40. The lowest BCUT2D eigenvalue weighted by Gasteiger charge is -2.26. The number of fused-ring (bicyclic) bond motifs is 1. The Morgan fingerprint density at radius 2 is 2.19 bits per heavy atom. The third-order valence-electron chi connectivity index (χ3n) is 3.73. The van der Waals surface area contributed by atoms with E-state index in [4.69, 9.17) is 4.74 Å². The predicted octanol–water partition coefficient (Wildman–Crippen LogP) is -0.597. The molecule has 1 saturated heterocycles. The fraction of sp³-hybridized carbons (Fsp3) is 0.583. The lowest BCUT2D eigenvalue weighted by atomic mass is 9.95. The summed E-state index contributed by atoms with van der Waals surface area (Å²) in [5.41, 5.74) is -0.124. The number of ether oxygens (including phenoxy) is 1. The summed E-state index contributed by atoms with van der Waals surface area (Å²) in [6.45, 7) is 1.20. The highest BCUT2D eigenvalue weighted by Crippen LogP contribution is 2.39. The van der Waals surface area contributed by atoms with Crippen molar-refractivity contribution in [2.45, 2.75) is 35.9 Å². The van der Waals surface area contributed by atoms with Gasteiger partial charge in [0.15, 0.2) is 17.1 Å². The van der Waals surface area contributed by atoms with Gasteiger partial charge in [0.2, 0.25) is 0 Å². The van der Waals surface area contributed by atoms with Crippen molar-refractivity contribution in [2.24, 2.45) is 0 Å². The Hall–Kier alpha value is -1.26. The SMILES string of the molecule is CSc1nc([C@]2(C)O[C@H](CO)[C@@H](O)[C@H]2O)nc2[nH]cnc12. The molecule has 4 atom stereocenters. The van der Waals surface area contributed by atoms with Crippen LogP contribution in [0.1, 0.15) is 12.7 Å². The van der Waals surface area contributed by atoms with Gasteiger partial charge in [0.25, 0.3) is 0 Å². The normalized spacial score (nSPS) is 32.9. The Labute approximate surface area is 124 Å². The topological polar surface area (TPSA) is 124 Å². The number of hydrogen-bond acceptors (Lipinski definition) is 8. The molecular weight excluding hydrogens is 296 g/mol. The summed E-state index contributed by atoms with van der Waals surface area (Å²) < 4.78 is 5.62. The van der Waals surface area contributed by atoms with Crippen molar-refractivity contribution < 1.29 is 20.1 Å². The first kappa shape index (κ1) is 14.7. The zero-order chi connectivity index (χ0) is 15.2. The van der Waals surface area contributed by atoms with E-state index in [0.29, 0.717) is 16.2 Å². The van der Waals surface area contributed by atoms with Gasteiger partial charge in [-0.25, -0.2) is 15.0 Å². The van der Waals surface area contributed by atoms with Crippen LogP contribution in [0.25, 0.3) is 11.2 Å². The van der Waals surface area contributed by atoms with Crippen molar-refractivity contribution in [3.05, 3.63) is 12.2 Å². The number of imidazole rings is 1. The number of nitrogens with zero attached hydrogens (tertiary/aromatic N) is 3. The second-order valence-electron chi connectivity index (χ2n) is 5.04. The second-order valence-corrected chi connectivity index (χ2v) is 5.83. The highest BCUT2D eigenvalue weighted by atomic mass is 32.2. The summed E-state index contributed by atoms with van der Waals surface area (Å²) in [7, 11) is 0. The monoisotopic (exact) mass is 312 g/mol. The molecule has 0 radical (unpaired) electrons. The minimum absolute atomic E-state index is 0.242. The average Bonchev–Trinajstić information content (AvgIpc) is 3.05. The van der Waals surface area contributed by atoms with Crippen molar-refractivity contribution in [1.82, 2.24) is 19.9 Å². The van der Waals surface area contributed by atoms with Crippen LogP contribution in [0, 0.1) is 0 Å². The van der Waals surface area contributed by atoms with Crippen LogP contribution in [0.15, 0.2) is 11.4 Å². The number of rotatable bonds is 3. The number of H-pyrrole nitrogens is 1. The highest BCUT2D eigenvalue weighted by molar-refractivity contribution is 7.98. The van der Waals surface area contributed by atoms with Gasteiger partial charge in [-0.2, -0.15) is 0 Å². The van der Waals surface area contributed by atoms with Crippen LogP contribution >= 0.6 is 11.8 Å². The minimum atomic E-state index is -1.30. The summed E-state index contributed by atoms with van der Waals surface area (Å²) in [6.07, 6.45) is 0.0786. The summed E-state index contributed by atoms with van der Waals surface area (Å²) in [5.74, 6) is 0.242. The van der Waals surface area contributed by atoms with Crippen LogP contribution in [-0.2, 0) is 10.3 Å². The third kappa shape index (κ3) is 2.12. The fourth-order valence-electron chi connectivity index (χ4n) is 2.49.